The van der Waals surface area contributed by atoms with Gasteiger partial charge in [-0.15, -0.1) is 0 Å². The van der Waals surface area contributed by atoms with Gasteiger partial charge in [-0.05, 0) is 30.2 Å². The smallest absolute Gasteiger partial charge is 0.193 e. The second kappa shape index (κ2) is 10.0. The lowest BCUT2D eigenvalue weighted by Crippen LogP contribution is -2.48. The summed E-state index contributed by atoms with van der Waals surface area (Å²) in [5, 5.41) is 3.52. The number of hydrogen-bond donors (Lipinski definition) is 1. The molecule has 1 N–H and O–H groups in total. The third-order valence-corrected chi connectivity index (χ3v) is 4.63. The Balaban J connectivity index is 1.51. The van der Waals surface area contributed by atoms with Crippen LogP contribution in [-0.4, -0.2) is 43.1 Å². The van der Waals surface area contributed by atoms with Gasteiger partial charge in [-0.1, -0.05) is 32.0 Å². The Kier molecular flexibility index (Phi) is 7.19. The molecule has 0 unspecified atom stereocenters. The van der Waals surface area contributed by atoms with Crippen LogP contribution in [-0.2, 0) is 6.42 Å². The Morgan fingerprint density at radius 3 is 2.63 bits per heavy atom. The highest BCUT2D eigenvalue weighted by atomic mass is 16.5. The standard InChI is InChI=1S/C22H31N3O2/c1-18(2)17-24-22(23-13-10-19-9-6-16-26-19)25-14-11-21(12-15-25)27-20-7-4-3-5-8-20/h3-9,16,18,21H,10-15,17H2,1-2H3,(H,23,24). The number of rotatable bonds is 7. The van der Waals surface area contributed by atoms with Crippen molar-refractivity contribution in [3.8, 4) is 5.75 Å². The van der Waals surface area contributed by atoms with Crippen LogP contribution in [0.5, 0.6) is 5.75 Å². The molecule has 5 nitrogen and oxygen atoms in total. The third kappa shape index (κ3) is 6.35. The molecule has 1 saturated heterocycles. The monoisotopic (exact) mass is 369 g/mol. The fourth-order valence-corrected chi connectivity index (χ4v) is 3.17. The van der Waals surface area contributed by atoms with Crippen LogP contribution in [0.15, 0.2) is 58.1 Å². The number of para-hydroxylation sites is 1. The number of hydrogen-bond acceptors (Lipinski definition) is 3. The molecule has 0 bridgehead atoms. The molecule has 3 rings (SSSR count). The molecule has 27 heavy (non-hydrogen) atoms. The lowest BCUT2D eigenvalue weighted by Gasteiger charge is -2.34. The van der Waals surface area contributed by atoms with Crippen molar-refractivity contribution in [2.45, 2.75) is 39.2 Å². The van der Waals surface area contributed by atoms with Gasteiger partial charge >= 0.3 is 0 Å². The lowest BCUT2D eigenvalue weighted by atomic mass is 10.1. The average molecular weight is 370 g/mol. The number of nitrogens with one attached hydrogen (secondary N) is 1. The topological polar surface area (TPSA) is 50.0 Å². The van der Waals surface area contributed by atoms with E-state index in [9.17, 15) is 0 Å². The molecule has 0 atom stereocenters. The van der Waals surface area contributed by atoms with E-state index in [-0.39, 0.29) is 6.10 Å². The van der Waals surface area contributed by atoms with Gasteiger partial charge in [0, 0.05) is 45.4 Å². The number of aliphatic imine (C=N–C) groups is 1. The molecule has 146 valence electrons. The van der Waals surface area contributed by atoms with E-state index in [1.165, 1.54) is 0 Å². The Hall–Kier alpha value is -2.43. The third-order valence-electron chi connectivity index (χ3n) is 4.63. The molecule has 0 saturated carbocycles. The molecule has 0 spiro atoms. The number of guanidine groups is 1. The Morgan fingerprint density at radius 2 is 1.96 bits per heavy atom. The van der Waals surface area contributed by atoms with Gasteiger partial charge in [-0.25, -0.2) is 0 Å². The summed E-state index contributed by atoms with van der Waals surface area (Å²) in [5.41, 5.74) is 0. The van der Waals surface area contributed by atoms with Gasteiger partial charge in [0.25, 0.3) is 0 Å². The van der Waals surface area contributed by atoms with E-state index in [0.717, 1.165) is 62.9 Å². The molecule has 1 aliphatic rings. The average Bonchev–Trinajstić information content (AvgIpc) is 3.19. The van der Waals surface area contributed by atoms with Crippen LogP contribution in [0.4, 0.5) is 0 Å². The van der Waals surface area contributed by atoms with Crippen molar-refractivity contribution in [3.63, 3.8) is 0 Å². The first-order valence-electron chi connectivity index (χ1n) is 9.98. The van der Waals surface area contributed by atoms with E-state index in [1.807, 2.05) is 42.5 Å². The van der Waals surface area contributed by atoms with Gasteiger partial charge in [0.1, 0.15) is 17.6 Å². The SMILES string of the molecule is CC(C)CN=C(NCCc1ccco1)N1CCC(Oc2ccccc2)CC1. The van der Waals surface area contributed by atoms with E-state index in [0.29, 0.717) is 5.92 Å². The number of likely N-dealkylation sites (tertiary alicyclic amines) is 1. The number of ether oxygens (including phenoxy) is 1. The highest BCUT2D eigenvalue weighted by Crippen LogP contribution is 2.18. The number of benzene rings is 1. The van der Waals surface area contributed by atoms with Gasteiger partial charge in [-0.2, -0.15) is 0 Å². The van der Waals surface area contributed by atoms with Crippen LogP contribution < -0.4 is 10.1 Å². The van der Waals surface area contributed by atoms with E-state index in [2.05, 4.69) is 24.1 Å². The second-order valence-corrected chi connectivity index (χ2v) is 7.43. The zero-order chi connectivity index (χ0) is 18.9. The predicted molar refractivity (Wildman–Crippen MR) is 109 cm³/mol. The summed E-state index contributed by atoms with van der Waals surface area (Å²) in [6.45, 7) is 7.98. The summed E-state index contributed by atoms with van der Waals surface area (Å²) in [4.78, 5) is 7.19. The van der Waals surface area contributed by atoms with E-state index in [1.54, 1.807) is 6.26 Å². The summed E-state index contributed by atoms with van der Waals surface area (Å²) < 4.78 is 11.5. The molecule has 0 radical (unpaired) electrons. The molecule has 2 heterocycles. The highest BCUT2D eigenvalue weighted by Gasteiger charge is 2.23. The van der Waals surface area contributed by atoms with Crippen LogP contribution in [0.3, 0.4) is 0 Å². The minimum absolute atomic E-state index is 0.276. The Labute approximate surface area is 162 Å². The zero-order valence-corrected chi connectivity index (χ0v) is 16.4. The fraction of sp³-hybridized carbons (Fsp3) is 0.500. The summed E-state index contributed by atoms with van der Waals surface area (Å²) in [7, 11) is 0. The summed E-state index contributed by atoms with van der Waals surface area (Å²) in [6.07, 6.45) is 4.88. The van der Waals surface area contributed by atoms with Crippen molar-refractivity contribution in [1.29, 1.82) is 0 Å². The molecule has 1 fully saturated rings. The van der Waals surface area contributed by atoms with Gasteiger partial charge in [0.15, 0.2) is 5.96 Å². The maximum Gasteiger partial charge on any atom is 0.193 e. The van der Waals surface area contributed by atoms with Gasteiger partial charge in [0.2, 0.25) is 0 Å². The van der Waals surface area contributed by atoms with E-state index in [4.69, 9.17) is 14.1 Å². The first-order valence-corrected chi connectivity index (χ1v) is 9.98. The van der Waals surface area contributed by atoms with Crippen molar-refractivity contribution in [1.82, 2.24) is 10.2 Å². The minimum atomic E-state index is 0.276. The largest absolute Gasteiger partial charge is 0.490 e. The molecular formula is C22H31N3O2. The number of furan rings is 1. The normalized spacial score (nSPS) is 16.0. The second-order valence-electron chi connectivity index (χ2n) is 7.43. The van der Waals surface area contributed by atoms with Gasteiger partial charge in [0.05, 0.1) is 6.26 Å². The summed E-state index contributed by atoms with van der Waals surface area (Å²) in [5.74, 6) is 3.51. The molecule has 0 amide bonds. The van der Waals surface area contributed by atoms with Gasteiger partial charge < -0.3 is 19.4 Å². The molecule has 0 aliphatic carbocycles. The summed E-state index contributed by atoms with van der Waals surface area (Å²) in [6, 6.07) is 14.0. The molecule has 1 aromatic carbocycles. The quantitative estimate of drug-likeness (QED) is 0.593. The van der Waals surface area contributed by atoms with Crippen LogP contribution in [0.25, 0.3) is 0 Å². The maximum absolute atomic E-state index is 6.11. The first-order chi connectivity index (χ1) is 13.2. The lowest BCUT2D eigenvalue weighted by molar-refractivity contribution is 0.129. The number of piperidine rings is 1. The predicted octanol–water partition coefficient (Wildman–Crippen LogP) is 3.97. The molecule has 5 heteroatoms. The molecular weight excluding hydrogens is 338 g/mol. The Bertz CT molecular complexity index is 675. The zero-order valence-electron chi connectivity index (χ0n) is 16.4. The van der Waals surface area contributed by atoms with Gasteiger partial charge in [-0.3, -0.25) is 4.99 Å². The Morgan fingerprint density at radius 1 is 1.19 bits per heavy atom. The van der Waals surface area contributed by atoms with Crippen LogP contribution in [0.1, 0.15) is 32.4 Å². The van der Waals surface area contributed by atoms with E-state index < -0.39 is 0 Å². The van der Waals surface area contributed by atoms with Crippen molar-refractivity contribution in [3.05, 3.63) is 54.5 Å². The molecule has 1 aromatic heterocycles. The van der Waals surface area contributed by atoms with Crippen LogP contribution in [0.2, 0.25) is 0 Å². The van der Waals surface area contributed by atoms with Crippen molar-refractivity contribution < 1.29 is 9.15 Å². The van der Waals surface area contributed by atoms with Crippen molar-refractivity contribution in [2.75, 3.05) is 26.2 Å². The maximum atomic E-state index is 6.11. The minimum Gasteiger partial charge on any atom is -0.490 e. The van der Waals surface area contributed by atoms with Crippen molar-refractivity contribution >= 4 is 5.96 Å². The van der Waals surface area contributed by atoms with Crippen LogP contribution in [0, 0.1) is 5.92 Å². The van der Waals surface area contributed by atoms with Crippen LogP contribution >= 0.6 is 0 Å². The summed E-state index contributed by atoms with van der Waals surface area (Å²) >= 11 is 0. The van der Waals surface area contributed by atoms with E-state index >= 15 is 0 Å². The van der Waals surface area contributed by atoms with Crippen molar-refractivity contribution in [2.24, 2.45) is 10.9 Å². The molecule has 1 aliphatic heterocycles. The number of nitrogens with zero attached hydrogens (tertiary/aromatic N) is 2. The first kappa shape index (κ1) is 19.3. The fourth-order valence-electron chi connectivity index (χ4n) is 3.17. The molecule has 2 aromatic rings. The highest BCUT2D eigenvalue weighted by molar-refractivity contribution is 5.80.